The first-order valence-corrected chi connectivity index (χ1v) is 11.7. The summed E-state index contributed by atoms with van der Waals surface area (Å²) in [5.41, 5.74) is 1.56. The number of piperidine rings is 2. The van der Waals surface area contributed by atoms with Gasteiger partial charge in [-0.05, 0) is 69.8 Å². The molecule has 2 aliphatic rings. The highest BCUT2D eigenvalue weighted by atomic mass is 19.1. The summed E-state index contributed by atoms with van der Waals surface area (Å²) in [7, 11) is 2.22. The van der Waals surface area contributed by atoms with E-state index in [-0.39, 0.29) is 18.0 Å². The van der Waals surface area contributed by atoms with Crippen molar-refractivity contribution in [3.8, 4) is 5.75 Å². The van der Waals surface area contributed by atoms with Gasteiger partial charge < -0.3 is 9.64 Å². The molecule has 0 radical (unpaired) electrons. The van der Waals surface area contributed by atoms with Crippen LogP contribution in [0.1, 0.15) is 60.3 Å². The van der Waals surface area contributed by atoms with Gasteiger partial charge in [0, 0.05) is 24.7 Å². The third kappa shape index (κ3) is 4.14. The number of pyridine rings is 1. The van der Waals surface area contributed by atoms with E-state index in [1.54, 1.807) is 22.7 Å². The van der Waals surface area contributed by atoms with E-state index in [2.05, 4.69) is 16.9 Å². The van der Waals surface area contributed by atoms with Gasteiger partial charge in [0.25, 0.3) is 0 Å². The van der Waals surface area contributed by atoms with Crippen LogP contribution in [0.3, 0.4) is 0 Å². The predicted octanol–water partition coefficient (Wildman–Crippen LogP) is 5.34. The fourth-order valence-corrected chi connectivity index (χ4v) is 5.68. The van der Waals surface area contributed by atoms with Crippen molar-refractivity contribution in [3.05, 3.63) is 65.1 Å². The molecule has 2 aromatic heterocycles. The number of aryl methyl sites for hydroxylation is 1. The zero-order valence-corrected chi connectivity index (χ0v) is 19.1. The zero-order valence-electron chi connectivity index (χ0n) is 19.1. The number of carbonyl (C=O) groups is 1. The molecule has 4 heterocycles. The fourth-order valence-electron chi connectivity index (χ4n) is 5.68. The molecule has 0 spiro atoms. The van der Waals surface area contributed by atoms with Crippen LogP contribution in [0.25, 0.3) is 5.65 Å². The van der Waals surface area contributed by atoms with Gasteiger partial charge in [-0.1, -0.05) is 12.5 Å². The van der Waals surface area contributed by atoms with Crippen LogP contribution in [0.2, 0.25) is 0 Å². The Morgan fingerprint density at radius 2 is 1.82 bits per heavy atom. The largest absolute Gasteiger partial charge is 0.485 e. The second-order valence-corrected chi connectivity index (χ2v) is 9.47. The predicted molar refractivity (Wildman–Crippen MR) is 121 cm³/mol. The number of halogens is 2. The van der Waals surface area contributed by atoms with E-state index in [1.165, 1.54) is 37.5 Å². The third-order valence-corrected chi connectivity index (χ3v) is 7.40. The van der Waals surface area contributed by atoms with Gasteiger partial charge >= 0.3 is 0 Å². The van der Waals surface area contributed by atoms with Crippen molar-refractivity contribution >= 4 is 11.4 Å². The monoisotopic (exact) mass is 453 g/mol. The lowest BCUT2D eigenvalue weighted by atomic mass is 9.77. The van der Waals surface area contributed by atoms with Crippen molar-refractivity contribution in [2.24, 2.45) is 5.92 Å². The molecular formula is C26H29F2N3O2. The van der Waals surface area contributed by atoms with Crippen LogP contribution in [0.15, 0.2) is 36.5 Å². The second-order valence-electron chi connectivity index (χ2n) is 9.47. The van der Waals surface area contributed by atoms with E-state index in [0.717, 1.165) is 12.8 Å². The Balaban J connectivity index is 1.36. The molecule has 0 N–H and O–H groups in total. The van der Waals surface area contributed by atoms with Crippen molar-refractivity contribution in [3.63, 3.8) is 0 Å². The quantitative estimate of drug-likeness (QED) is 0.473. The molecule has 2 atom stereocenters. The summed E-state index contributed by atoms with van der Waals surface area (Å²) in [5, 5.41) is 0. The standard InChI is InChI=1S/C26H29F2N3O2/c1-16-25(23(32)14-17-12-18-6-3-7-19(13-17)30(18)2)31-11-5-10-24(26(31)29-16)33-15-20-21(27)8-4-9-22(20)28/h4-5,8-11,17-19H,3,6-7,12-15H2,1-2H3. The van der Waals surface area contributed by atoms with Crippen molar-refractivity contribution in [2.45, 2.75) is 64.1 Å². The van der Waals surface area contributed by atoms with Crippen molar-refractivity contribution in [2.75, 3.05) is 7.05 Å². The summed E-state index contributed by atoms with van der Waals surface area (Å²) < 4.78 is 35.5. The Bertz CT molecular complexity index is 1160. The molecule has 2 bridgehead atoms. The molecule has 2 unspecified atom stereocenters. The first-order valence-electron chi connectivity index (χ1n) is 11.7. The molecule has 0 amide bonds. The summed E-state index contributed by atoms with van der Waals surface area (Å²) in [6.45, 7) is 1.57. The van der Waals surface area contributed by atoms with E-state index in [9.17, 15) is 13.6 Å². The van der Waals surface area contributed by atoms with Gasteiger partial charge in [-0.2, -0.15) is 0 Å². The Morgan fingerprint density at radius 3 is 2.52 bits per heavy atom. The Morgan fingerprint density at radius 1 is 1.12 bits per heavy atom. The van der Waals surface area contributed by atoms with Gasteiger partial charge in [0.05, 0.1) is 11.3 Å². The van der Waals surface area contributed by atoms with Gasteiger partial charge in [-0.25, -0.2) is 13.8 Å². The minimum Gasteiger partial charge on any atom is -0.485 e. The molecule has 3 aromatic rings. The van der Waals surface area contributed by atoms with Crippen LogP contribution in [-0.2, 0) is 6.61 Å². The van der Waals surface area contributed by atoms with Gasteiger partial charge in [0.15, 0.2) is 17.2 Å². The van der Waals surface area contributed by atoms with Gasteiger partial charge in [-0.15, -0.1) is 0 Å². The van der Waals surface area contributed by atoms with Crippen LogP contribution in [0.5, 0.6) is 5.75 Å². The van der Waals surface area contributed by atoms with Crippen molar-refractivity contribution < 1.29 is 18.3 Å². The average molecular weight is 454 g/mol. The molecule has 5 nitrogen and oxygen atoms in total. The molecule has 174 valence electrons. The maximum atomic E-state index is 14.0. The zero-order chi connectivity index (χ0) is 23.1. The topological polar surface area (TPSA) is 46.8 Å². The maximum Gasteiger partial charge on any atom is 0.181 e. The molecule has 5 rings (SSSR count). The van der Waals surface area contributed by atoms with E-state index in [4.69, 9.17) is 4.74 Å². The molecule has 0 saturated carbocycles. The van der Waals surface area contributed by atoms with Gasteiger partial charge in [-0.3, -0.25) is 9.20 Å². The molecule has 33 heavy (non-hydrogen) atoms. The first-order chi connectivity index (χ1) is 15.9. The minimum atomic E-state index is -0.653. The number of Topliss-reactive ketones (excluding diaryl/α,β-unsaturated/α-hetero) is 1. The lowest BCUT2D eigenvalue weighted by Crippen LogP contribution is -2.49. The van der Waals surface area contributed by atoms with Crippen molar-refractivity contribution in [1.29, 1.82) is 0 Å². The average Bonchev–Trinajstić information content (AvgIpc) is 3.10. The van der Waals surface area contributed by atoms with Gasteiger partial charge in [0.2, 0.25) is 0 Å². The highest BCUT2D eigenvalue weighted by Gasteiger charge is 2.37. The van der Waals surface area contributed by atoms with E-state index in [0.29, 0.717) is 47.2 Å². The number of benzene rings is 1. The van der Waals surface area contributed by atoms with Crippen LogP contribution in [0, 0.1) is 24.5 Å². The molecule has 0 aliphatic carbocycles. The number of aromatic nitrogens is 2. The number of ketones is 1. The smallest absolute Gasteiger partial charge is 0.181 e. The highest BCUT2D eigenvalue weighted by Crippen LogP contribution is 2.38. The number of imidazole rings is 1. The number of nitrogens with zero attached hydrogens (tertiary/aromatic N) is 3. The Hall–Kier alpha value is -2.80. The Labute approximate surface area is 192 Å². The molecule has 2 aliphatic heterocycles. The second kappa shape index (κ2) is 8.86. The van der Waals surface area contributed by atoms with E-state index in [1.807, 2.05) is 6.92 Å². The molecule has 2 fully saturated rings. The molecule has 1 aromatic carbocycles. The minimum absolute atomic E-state index is 0.0879. The van der Waals surface area contributed by atoms with E-state index < -0.39 is 11.6 Å². The van der Waals surface area contributed by atoms with Gasteiger partial charge in [0.1, 0.15) is 23.9 Å². The lowest BCUT2D eigenvalue weighted by Gasteiger charge is -2.47. The SMILES string of the molecule is Cc1nc2c(OCc3c(F)cccc3F)cccn2c1C(=O)CC1CC2CCCC(C1)N2C. The van der Waals surface area contributed by atoms with Crippen molar-refractivity contribution in [1.82, 2.24) is 14.3 Å². The lowest BCUT2D eigenvalue weighted by molar-refractivity contribution is 0.0336. The maximum absolute atomic E-state index is 14.0. The summed E-state index contributed by atoms with van der Waals surface area (Å²) in [4.78, 5) is 20.5. The molecule has 7 heteroatoms. The highest BCUT2D eigenvalue weighted by molar-refractivity contribution is 5.96. The summed E-state index contributed by atoms with van der Waals surface area (Å²) in [6.07, 6.45) is 8.16. The van der Waals surface area contributed by atoms with Crippen LogP contribution in [-0.4, -0.2) is 39.2 Å². The third-order valence-electron chi connectivity index (χ3n) is 7.40. The number of rotatable bonds is 6. The number of ether oxygens (including phenoxy) is 1. The number of hydrogen-bond donors (Lipinski definition) is 0. The van der Waals surface area contributed by atoms with Crippen LogP contribution >= 0.6 is 0 Å². The number of fused-ring (bicyclic) bond motifs is 3. The number of carbonyl (C=O) groups excluding carboxylic acids is 1. The fraction of sp³-hybridized carbons (Fsp3) is 0.462. The normalized spacial score (nSPS) is 23.1. The molecular weight excluding hydrogens is 424 g/mol. The van der Waals surface area contributed by atoms with Crippen LogP contribution < -0.4 is 4.74 Å². The summed E-state index contributed by atoms with van der Waals surface area (Å²) in [6, 6.07) is 8.36. The summed E-state index contributed by atoms with van der Waals surface area (Å²) in [5.74, 6) is -0.445. The van der Waals surface area contributed by atoms with E-state index >= 15 is 0 Å². The first kappa shape index (κ1) is 22.0. The molecule has 2 saturated heterocycles. The Kier molecular flexibility index (Phi) is 5.91. The van der Waals surface area contributed by atoms with Crippen LogP contribution in [0.4, 0.5) is 8.78 Å². The number of hydrogen-bond acceptors (Lipinski definition) is 4. The summed E-state index contributed by atoms with van der Waals surface area (Å²) >= 11 is 0.